The largest absolute Gasteiger partial charge is 0.313 e. The number of hydrogen-bond donors (Lipinski definition) is 0. The van der Waals surface area contributed by atoms with Gasteiger partial charge in [-0.15, -0.1) is 0 Å². The molecule has 2 aliphatic rings. The number of carbonyl (C=O) groups excluding carboxylic acids is 1. The van der Waals surface area contributed by atoms with Gasteiger partial charge in [0.1, 0.15) is 0 Å². The zero-order chi connectivity index (χ0) is 16.8. The number of rotatable bonds is 3. The van der Waals surface area contributed by atoms with E-state index in [1.807, 2.05) is 18.2 Å². The Hall–Kier alpha value is -0.963. The summed E-state index contributed by atoms with van der Waals surface area (Å²) in [4.78, 5) is 13.1. The first-order chi connectivity index (χ1) is 10.8. The topological polar surface area (TPSA) is 17.1 Å². The van der Waals surface area contributed by atoms with Crippen molar-refractivity contribution < 1.29 is 8.90 Å². The Morgan fingerprint density at radius 1 is 1.13 bits per heavy atom. The van der Waals surface area contributed by atoms with E-state index in [1.165, 1.54) is 5.56 Å². The van der Waals surface area contributed by atoms with Gasteiger partial charge in [0.05, 0.1) is 0 Å². The molecule has 2 aliphatic carbocycles. The van der Waals surface area contributed by atoms with Crippen LogP contribution in [0.1, 0.15) is 69.3 Å². The number of aryl methyl sites for hydroxylation is 1. The van der Waals surface area contributed by atoms with Crippen LogP contribution in [0.2, 0.25) is 16.6 Å². The molecule has 3 rings (SSSR count). The van der Waals surface area contributed by atoms with Crippen LogP contribution in [0.3, 0.4) is 0 Å². The number of ketones is 1. The fourth-order valence-corrected chi connectivity index (χ4v) is 9.79. The lowest BCUT2D eigenvalue weighted by Gasteiger charge is -2.38. The predicted octanol–water partition coefficient (Wildman–Crippen LogP) is 6.09. The summed E-state index contributed by atoms with van der Waals surface area (Å²) in [6.45, 7) is 8.20. The standard InChI is InChI=1S/C20H29FOSi/c1-14(2)23(21,15(3)4)17-10-12-20(13-17)11-9-16-7-5-6-8-18(16)19(20)22/h5-8,14-15,17H,9-13H2,1-4H3/t17-,20-/m1/s1. The quantitative estimate of drug-likeness (QED) is 0.483. The maximum Gasteiger partial charge on any atom is 0.255 e. The normalized spacial score (nSPS) is 28.0. The van der Waals surface area contributed by atoms with Crippen LogP contribution in [0, 0.1) is 5.41 Å². The number of halogens is 1. The van der Waals surface area contributed by atoms with Crippen LogP contribution >= 0.6 is 0 Å². The van der Waals surface area contributed by atoms with E-state index >= 15 is 4.11 Å². The molecule has 0 saturated heterocycles. The molecule has 0 heterocycles. The minimum absolute atomic E-state index is 0.133. The van der Waals surface area contributed by atoms with Gasteiger partial charge in [0.15, 0.2) is 5.78 Å². The maximum atomic E-state index is 15.9. The van der Waals surface area contributed by atoms with Gasteiger partial charge < -0.3 is 4.11 Å². The Kier molecular flexibility index (Phi) is 4.28. The van der Waals surface area contributed by atoms with Crippen LogP contribution in [0.5, 0.6) is 0 Å². The highest BCUT2D eigenvalue weighted by molar-refractivity contribution is 6.77. The first kappa shape index (κ1) is 16.9. The summed E-state index contributed by atoms with van der Waals surface area (Å²) in [5.74, 6) is 0.297. The molecule has 0 N–H and O–H groups in total. The molecule has 0 aliphatic heterocycles. The Morgan fingerprint density at radius 2 is 1.78 bits per heavy atom. The van der Waals surface area contributed by atoms with Crippen molar-refractivity contribution in [3.63, 3.8) is 0 Å². The zero-order valence-corrected chi connectivity index (χ0v) is 15.9. The van der Waals surface area contributed by atoms with E-state index in [0.29, 0.717) is 5.78 Å². The van der Waals surface area contributed by atoms with Crippen LogP contribution in [0.15, 0.2) is 24.3 Å². The highest BCUT2D eigenvalue weighted by atomic mass is 28.4. The van der Waals surface area contributed by atoms with E-state index in [4.69, 9.17) is 0 Å². The van der Waals surface area contributed by atoms with E-state index in [1.54, 1.807) is 0 Å². The fourth-order valence-electron chi connectivity index (χ4n) is 5.28. The molecule has 126 valence electrons. The van der Waals surface area contributed by atoms with Gasteiger partial charge in [-0.25, -0.2) is 0 Å². The maximum absolute atomic E-state index is 15.9. The van der Waals surface area contributed by atoms with Gasteiger partial charge >= 0.3 is 0 Å². The first-order valence-electron chi connectivity index (χ1n) is 9.13. The van der Waals surface area contributed by atoms with Crippen molar-refractivity contribution in [2.45, 2.75) is 76.4 Å². The monoisotopic (exact) mass is 332 g/mol. The van der Waals surface area contributed by atoms with Crippen molar-refractivity contribution in [2.75, 3.05) is 0 Å². The average molecular weight is 333 g/mol. The fraction of sp³-hybridized carbons (Fsp3) is 0.650. The molecule has 0 amide bonds. The number of Topliss-reactive ketones (excluding diaryl/α,β-unsaturated/α-hetero) is 1. The van der Waals surface area contributed by atoms with Gasteiger partial charge in [0.25, 0.3) is 8.41 Å². The van der Waals surface area contributed by atoms with E-state index in [9.17, 15) is 4.79 Å². The molecule has 2 atom stereocenters. The Bertz CT molecular complexity index is 601. The third-order valence-electron chi connectivity index (χ3n) is 6.62. The average Bonchev–Trinajstić information content (AvgIpc) is 2.96. The minimum atomic E-state index is -2.85. The van der Waals surface area contributed by atoms with Gasteiger partial charge in [-0.05, 0) is 54.3 Å². The van der Waals surface area contributed by atoms with Crippen LogP contribution in [-0.4, -0.2) is 14.2 Å². The smallest absolute Gasteiger partial charge is 0.255 e. The molecule has 23 heavy (non-hydrogen) atoms. The molecule has 0 aromatic heterocycles. The molecule has 3 heteroatoms. The summed E-state index contributed by atoms with van der Waals surface area (Å²) < 4.78 is 15.9. The Labute approximate surface area is 140 Å². The molecule has 0 unspecified atom stereocenters. The van der Waals surface area contributed by atoms with E-state index in [-0.39, 0.29) is 22.0 Å². The van der Waals surface area contributed by atoms with Crippen LogP contribution in [-0.2, 0) is 6.42 Å². The summed E-state index contributed by atoms with van der Waals surface area (Å²) in [6.07, 6.45) is 4.48. The SMILES string of the molecule is CC(C)[Si](F)(C(C)C)[C@@H]1CC[C@]2(CCc3ccccc3C2=O)C1. The van der Waals surface area contributed by atoms with Crippen molar-refractivity contribution in [3.8, 4) is 0 Å². The lowest BCUT2D eigenvalue weighted by molar-refractivity contribution is 0.0765. The number of hydrogen-bond acceptors (Lipinski definition) is 1. The third kappa shape index (κ3) is 2.52. The highest BCUT2D eigenvalue weighted by Crippen LogP contribution is 2.59. The lowest BCUT2D eigenvalue weighted by atomic mass is 9.69. The molecular weight excluding hydrogens is 303 g/mol. The second-order valence-electron chi connectivity index (χ2n) is 8.34. The van der Waals surface area contributed by atoms with E-state index < -0.39 is 8.41 Å². The van der Waals surface area contributed by atoms with Crippen LogP contribution in [0.25, 0.3) is 0 Å². The number of carbonyl (C=O) groups is 1. The van der Waals surface area contributed by atoms with Crippen molar-refractivity contribution in [1.82, 2.24) is 0 Å². The van der Waals surface area contributed by atoms with E-state index in [0.717, 1.165) is 37.7 Å². The van der Waals surface area contributed by atoms with Gasteiger partial charge in [-0.2, -0.15) is 0 Å². The van der Waals surface area contributed by atoms with Gasteiger partial charge in [-0.1, -0.05) is 52.0 Å². The summed E-state index contributed by atoms with van der Waals surface area (Å²) >= 11 is 0. The highest BCUT2D eigenvalue weighted by Gasteiger charge is 2.57. The molecule has 1 saturated carbocycles. The predicted molar refractivity (Wildman–Crippen MR) is 96.2 cm³/mol. The summed E-state index contributed by atoms with van der Waals surface area (Å²) in [5.41, 5.74) is 2.23. The zero-order valence-electron chi connectivity index (χ0n) is 14.9. The Balaban J connectivity index is 1.89. The van der Waals surface area contributed by atoms with Crippen molar-refractivity contribution in [3.05, 3.63) is 35.4 Å². The Morgan fingerprint density at radius 3 is 2.43 bits per heavy atom. The second-order valence-corrected chi connectivity index (χ2v) is 13.1. The third-order valence-corrected chi connectivity index (χ3v) is 11.9. The summed E-state index contributed by atoms with van der Waals surface area (Å²) in [5, 5.41) is 0. The molecule has 1 aromatic rings. The van der Waals surface area contributed by atoms with Gasteiger partial charge in [-0.3, -0.25) is 4.79 Å². The van der Waals surface area contributed by atoms with Crippen LogP contribution < -0.4 is 0 Å². The molecule has 1 aromatic carbocycles. The van der Waals surface area contributed by atoms with Gasteiger partial charge in [0.2, 0.25) is 0 Å². The van der Waals surface area contributed by atoms with Crippen molar-refractivity contribution >= 4 is 14.2 Å². The van der Waals surface area contributed by atoms with Crippen molar-refractivity contribution in [1.29, 1.82) is 0 Å². The molecule has 0 radical (unpaired) electrons. The number of fused-ring (bicyclic) bond motifs is 1. The molecular formula is C20H29FOSi. The van der Waals surface area contributed by atoms with Crippen molar-refractivity contribution in [2.24, 2.45) is 5.41 Å². The summed E-state index contributed by atoms with van der Waals surface area (Å²) in [6, 6.07) is 8.01. The molecule has 1 spiro atoms. The second kappa shape index (κ2) is 5.84. The van der Waals surface area contributed by atoms with Gasteiger partial charge in [0, 0.05) is 11.0 Å². The van der Waals surface area contributed by atoms with E-state index in [2.05, 4.69) is 33.8 Å². The molecule has 1 fully saturated rings. The minimum Gasteiger partial charge on any atom is -0.313 e. The molecule has 1 nitrogen and oxygen atoms in total. The first-order valence-corrected chi connectivity index (χ1v) is 11.2. The molecule has 0 bridgehead atoms. The lowest BCUT2D eigenvalue weighted by Crippen LogP contribution is -2.42. The van der Waals surface area contributed by atoms with Crippen LogP contribution in [0.4, 0.5) is 4.11 Å². The number of benzene rings is 1. The summed E-state index contributed by atoms with van der Waals surface area (Å²) in [7, 11) is -2.85.